The lowest BCUT2D eigenvalue weighted by molar-refractivity contribution is 0.296. The predicted octanol–water partition coefficient (Wildman–Crippen LogP) is 2.20. The molecule has 0 spiro atoms. The van der Waals surface area contributed by atoms with Crippen LogP contribution in [0.25, 0.3) is 0 Å². The molecular formula is C10H15NOS. The van der Waals surface area contributed by atoms with Gasteiger partial charge in [0.05, 0.1) is 0 Å². The third kappa shape index (κ3) is 3.28. The Hall–Kier alpha value is -0.670. The van der Waals surface area contributed by atoms with E-state index in [0.29, 0.717) is 0 Å². The molecule has 0 heterocycles. The zero-order chi connectivity index (χ0) is 9.52. The SMILES string of the molecule is CNc1ccccc1SCCCO. The van der Waals surface area contributed by atoms with Crippen LogP contribution in [0.5, 0.6) is 0 Å². The highest BCUT2D eigenvalue weighted by Crippen LogP contribution is 2.26. The van der Waals surface area contributed by atoms with Gasteiger partial charge in [0.25, 0.3) is 0 Å². The van der Waals surface area contributed by atoms with Gasteiger partial charge in [-0.3, -0.25) is 0 Å². The van der Waals surface area contributed by atoms with E-state index in [-0.39, 0.29) is 6.61 Å². The van der Waals surface area contributed by atoms with Crippen LogP contribution >= 0.6 is 11.8 Å². The number of aliphatic hydroxyl groups excluding tert-OH is 1. The van der Waals surface area contributed by atoms with Crippen LogP contribution in [-0.4, -0.2) is 24.5 Å². The minimum atomic E-state index is 0.273. The molecule has 0 aliphatic carbocycles. The van der Waals surface area contributed by atoms with Gasteiger partial charge in [-0.25, -0.2) is 0 Å². The Balaban J connectivity index is 2.54. The molecule has 13 heavy (non-hydrogen) atoms. The molecule has 0 atom stereocenters. The first-order valence-corrected chi connectivity index (χ1v) is 5.37. The maximum atomic E-state index is 8.64. The fourth-order valence-corrected chi connectivity index (χ4v) is 2.04. The number of para-hydroxylation sites is 1. The van der Waals surface area contributed by atoms with Gasteiger partial charge >= 0.3 is 0 Å². The molecular weight excluding hydrogens is 182 g/mol. The van der Waals surface area contributed by atoms with Crippen molar-refractivity contribution in [3.8, 4) is 0 Å². The van der Waals surface area contributed by atoms with Crippen molar-refractivity contribution in [2.75, 3.05) is 24.7 Å². The Morgan fingerprint density at radius 2 is 2.15 bits per heavy atom. The standard InChI is InChI=1S/C10H15NOS/c1-11-9-5-2-3-6-10(9)13-8-4-7-12/h2-3,5-6,11-12H,4,7-8H2,1H3. The summed E-state index contributed by atoms with van der Waals surface area (Å²) in [6.45, 7) is 0.273. The van der Waals surface area contributed by atoms with Gasteiger partial charge in [-0.15, -0.1) is 11.8 Å². The molecule has 0 bridgehead atoms. The Bertz CT molecular complexity index is 252. The summed E-state index contributed by atoms with van der Waals surface area (Å²) in [7, 11) is 1.92. The lowest BCUT2D eigenvalue weighted by Crippen LogP contribution is -1.91. The molecule has 72 valence electrons. The molecule has 0 saturated heterocycles. The summed E-state index contributed by atoms with van der Waals surface area (Å²) in [5.74, 6) is 0.967. The molecule has 0 aliphatic rings. The molecule has 0 fully saturated rings. The monoisotopic (exact) mass is 197 g/mol. The van der Waals surface area contributed by atoms with E-state index in [4.69, 9.17) is 5.11 Å². The minimum Gasteiger partial charge on any atom is -0.396 e. The van der Waals surface area contributed by atoms with E-state index in [1.165, 1.54) is 4.90 Å². The summed E-state index contributed by atoms with van der Waals surface area (Å²) in [6, 6.07) is 8.19. The van der Waals surface area contributed by atoms with E-state index in [1.54, 1.807) is 11.8 Å². The van der Waals surface area contributed by atoms with Crippen LogP contribution in [0, 0.1) is 0 Å². The van der Waals surface area contributed by atoms with Crippen LogP contribution in [0.15, 0.2) is 29.2 Å². The zero-order valence-corrected chi connectivity index (χ0v) is 8.60. The zero-order valence-electron chi connectivity index (χ0n) is 7.79. The molecule has 1 rings (SSSR count). The van der Waals surface area contributed by atoms with Crippen molar-refractivity contribution < 1.29 is 5.11 Å². The first-order chi connectivity index (χ1) is 6.38. The Labute approximate surface area is 83.4 Å². The number of hydrogen-bond donors (Lipinski definition) is 2. The van der Waals surface area contributed by atoms with Crippen molar-refractivity contribution in [3.63, 3.8) is 0 Å². The highest BCUT2D eigenvalue weighted by molar-refractivity contribution is 7.99. The second-order valence-corrected chi connectivity index (χ2v) is 3.81. The van der Waals surface area contributed by atoms with Gasteiger partial charge in [-0.1, -0.05) is 12.1 Å². The maximum absolute atomic E-state index is 8.64. The fourth-order valence-electron chi connectivity index (χ4n) is 1.05. The van der Waals surface area contributed by atoms with Crippen molar-refractivity contribution in [3.05, 3.63) is 24.3 Å². The summed E-state index contributed by atoms with van der Waals surface area (Å²) < 4.78 is 0. The lowest BCUT2D eigenvalue weighted by Gasteiger charge is -2.07. The molecule has 0 unspecified atom stereocenters. The average Bonchev–Trinajstić information content (AvgIpc) is 2.19. The first kappa shape index (κ1) is 10.4. The highest BCUT2D eigenvalue weighted by atomic mass is 32.2. The number of benzene rings is 1. The number of rotatable bonds is 5. The predicted molar refractivity (Wildman–Crippen MR) is 58.4 cm³/mol. The van der Waals surface area contributed by atoms with Gasteiger partial charge < -0.3 is 10.4 Å². The van der Waals surface area contributed by atoms with Crippen LogP contribution in [0.4, 0.5) is 5.69 Å². The average molecular weight is 197 g/mol. The molecule has 2 nitrogen and oxygen atoms in total. The Morgan fingerprint density at radius 1 is 1.38 bits per heavy atom. The van der Waals surface area contributed by atoms with E-state index < -0.39 is 0 Å². The van der Waals surface area contributed by atoms with Gasteiger partial charge in [0.1, 0.15) is 0 Å². The second kappa shape index (κ2) is 5.89. The highest BCUT2D eigenvalue weighted by Gasteiger charge is 1.98. The topological polar surface area (TPSA) is 32.3 Å². The van der Waals surface area contributed by atoms with Gasteiger partial charge in [0.15, 0.2) is 0 Å². The second-order valence-electron chi connectivity index (χ2n) is 2.67. The van der Waals surface area contributed by atoms with Crippen molar-refractivity contribution in [1.82, 2.24) is 0 Å². The van der Waals surface area contributed by atoms with Crippen LogP contribution in [0.3, 0.4) is 0 Å². The largest absolute Gasteiger partial charge is 0.396 e. The summed E-state index contributed by atoms with van der Waals surface area (Å²) >= 11 is 1.77. The lowest BCUT2D eigenvalue weighted by atomic mass is 10.3. The van der Waals surface area contributed by atoms with E-state index in [1.807, 2.05) is 19.2 Å². The van der Waals surface area contributed by atoms with Gasteiger partial charge in [-0.2, -0.15) is 0 Å². The van der Waals surface area contributed by atoms with E-state index in [0.717, 1.165) is 17.9 Å². The third-order valence-electron chi connectivity index (χ3n) is 1.72. The van der Waals surface area contributed by atoms with E-state index in [9.17, 15) is 0 Å². The number of thioether (sulfide) groups is 1. The first-order valence-electron chi connectivity index (χ1n) is 4.39. The number of nitrogens with one attached hydrogen (secondary N) is 1. The maximum Gasteiger partial charge on any atom is 0.0475 e. The van der Waals surface area contributed by atoms with Crippen molar-refractivity contribution in [2.24, 2.45) is 0 Å². The molecule has 0 radical (unpaired) electrons. The smallest absolute Gasteiger partial charge is 0.0475 e. The summed E-state index contributed by atoms with van der Waals surface area (Å²) in [5, 5.41) is 11.8. The fraction of sp³-hybridized carbons (Fsp3) is 0.400. The van der Waals surface area contributed by atoms with Gasteiger partial charge in [0.2, 0.25) is 0 Å². The van der Waals surface area contributed by atoms with Crippen molar-refractivity contribution in [2.45, 2.75) is 11.3 Å². The van der Waals surface area contributed by atoms with E-state index >= 15 is 0 Å². The summed E-state index contributed by atoms with van der Waals surface area (Å²) in [5.41, 5.74) is 1.16. The minimum absolute atomic E-state index is 0.273. The van der Waals surface area contributed by atoms with Crippen molar-refractivity contribution in [1.29, 1.82) is 0 Å². The summed E-state index contributed by atoms with van der Waals surface area (Å²) in [6.07, 6.45) is 0.850. The summed E-state index contributed by atoms with van der Waals surface area (Å²) in [4.78, 5) is 1.25. The Morgan fingerprint density at radius 3 is 2.85 bits per heavy atom. The molecule has 0 amide bonds. The molecule has 0 aliphatic heterocycles. The van der Waals surface area contributed by atoms with E-state index in [2.05, 4.69) is 17.4 Å². The number of anilines is 1. The third-order valence-corrected chi connectivity index (χ3v) is 2.88. The molecule has 2 N–H and O–H groups in total. The number of aliphatic hydroxyl groups is 1. The molecule has 1 aromatic rings. The molecule has 0 saturated carbocycles. The van der Waals surface area contributed by atoms with Gasteiger partial charge in [-0.05, 0) is 18.6 Å². The molecule has 3 heteroatoms. The van der Waals surface area contributed by atoms with Crippen LogP contribution in [-0.2, 0) is 0 Å². The molecule has 1 aromatic carbocycles. The Kier molecular flexibility index (Phi) is 4.72. The normalized spacial score (nSPS) is 10.0. The van der Waals surface area contributed by atoms with Crippen LogP contribution < -0.4 is 5.32 Å². The molecule has 0 aromatic heterocycles. The van der Waals surface area contributed by atoms with Gasteiger partial charge in [0, 0.05) is 30.0 Å². The quantitative estimate of drug-likeness (QED) is 0.560. The van der Waals surface area contributed by atoms with Crippen LogP contribution in [0.2, 0.25) is 0 Å². The number of hydrogen-bond acceptors (Lipinski definition) is 3. The van der Waals surface area contributed by atoms with Crippen LogP contribution in [0.1, 0.15) is 6.42 Å². The van der Waals surface area contributed by atoms with Crippen molar-refractivity contribution >= 4 is 17.4 Å².